The van der Waals surface area contributed by atoms with E-state index in [-0.39, 0.29) is 36.3 Å². The Bertz CT molecular complexity index is 1290. The molecule has 170 valence electrons. The number of carbonyl (C=O) groups excluding carboxylic acids is 1. The molecule has 1 amide bonds. The first-order chi connectivity index (χ1) is 15.2. The fourth-order valence-electron chi connectivity index (χ4n) is 3.92. The van der Waals surface area contributed by atoms with Crippen LogP contribution in [0.15, 0.2) is 41.4 Å². The van der Waals surface area contributed by atoms with Crippen molar-refractivity contribution in [1.82, 2.24) is 19.2 Å². The average Bonchev–Trinajstić information content (AvgIpc) is 3.08. The summed E-state index contributed by atoms with van der Waals surface area (Å²) in [6.07, 6.45) is 1.42. The van der Waals surface area contributed by atoms with Crippen molar-refractivity contribution in [2.24, 2.45) is 7.05 Å². The summed E-state index contributed by atoms with van der Waals surface area (Å²) in [7, 11) is -2.15. The number of rotatable bonds is 5. The normalized spacial score (nSPS) is 17.6. The van der Waals surface area contributed by atoms with Crippen LogP contribution >= 0.6 is 0 Å². The zero-order valence-electron chi connectivity index (χ0n) is 18.1. The molecular formula is C22H25FN4O4S. The zero-order chi connectivity index (χ0) is 23.0. The zero-order valence-corrected chi connectivity index (χ0v) is 18.9. The van der Waals surface area contributed by atoms with Gasteiger partial charge in [-0.25, -0.2) is 12.8 Å². The number of hydrogen-bond acceptors (Lipinski definition) is 5. The van der Waals surface area contributed by atoms with E-state index in [0.29, 0.717) is 28.8 Å². The largest absolute Gasteiger partial charge is 0.376 e. The highest BCUT2D eigenvalue weighted by Gasteiger charge is 2.33. The molecule has 32 heavy (non-hydrogen) atoms. The maximum atomic E-state index is 14.4. The number of hydrogen-bond donors (Lipinski definition) is 1. The molecule has 0 unspecified atom stereocenters. The number of nitrogens with zero attached hydrogens (tertiary/aromatic N) is 3. The van der Waals surface area contributed by atoms with Crippen LogP contribution in [0.5, 0.6) is 0 Å². The van der Waals surface area contributed by atoms with E-state index in [9.17, 15) is 17.6 Å². The number of benzene rings is 1. The lowest BCUT2D eigenvalue weighted by molar-refractivity contribution is 0.0102. The van der Waals surface area contributed by atoms with E-state index >= 15 is 0 Å². The maximum Gasteiger partial charge on any atom is 0.268 e. The van der Waals surface area contributed by atoms with Crippen molar-refractivity contribution in [3.63, 3.8) is 0 Å². The van der Waals surface area contributed by atoms with E-state index in [0.717, 1.165) is 0 Å². The lowest BCUT2D eigenvalue weighted by Gasteiger charge is -2.30. The van der Waals surface area contributed by atoms with Crippen LogP contribution in [0.1, 0.15) is 28.7 Å². The van der Waals surface area contributed by atoms with Crippen molar-refractivity contribution in [3.05, 3.63) is 59.3 Å². The first-order valence-electron chi connectivity index (χ1n) is 10.3. The smallest absolute Gasteiger partial charge is 0.268 e. The minimum Gasteiger partial charge on any atom is -0.376 e. The van der Waals surface area contributed by atoms with Gasteiger partial charge in [0.2, 0.25) is 10.0 Å². The predicted octanol–water partition coefficient (Wildman–Crippen LogP) is 2.36. The molecule has 1 aliphatic heterocycles. The maximum absolute atomic E-state index is 14.4. The van der Waals surface area contributed by atoms with Gasteiger partial charge in [0.05, 0.1) is 18.2 Å². The van der Waals surface area contributed by atoms with Crippen LogP contribution in [0.4, 0.5) is 4.39 Å². The van der Waals surface area contributed by atoms with E-state index in [1.165, 1.54) is 21.0 Å². The second-order valence-electron chi connectivity index (χ2n) is 7.86. The molecule has 1 aromatic carbocycles. The van der Waals surface area contributed by atoms with Crippen LogP contribution in [0.3, 0.4) is 0 Å². The van der Waals surface area contributed by atoms with Crippen molar-refractivity contribution in [2.45, 2.75) is 31.4 Å². The van der Waals surface area contributed by atoms with Crippen LogP contribution < -0.4 is 5.32 Å². The molecule has 3 heterocycles. The van der Waals surface area contributed by atoms with Crippen molar-refractivity contribution in [2.75, 3.05) is 19.7 Å². The SMILES string of the molecule is Cc1c(S(=O)(=O)N2CCO[C@H](C)C2)cc(C(=O)NCc2c(F)ccc3ncccc23)n1C. The molecule has 1 aliphatic rings. The highest BCUT2D eigenvalue weighted by molar-refractivity contribution is 7.89. The standard InChI is InChI=1S/C22H25FN4O4S/c1-14-13-27(9-10-31-14)32(29,30)21-11-20(26(3)15(21)2)22(28)25-12-17-16-5-4-8-24-19(16)7-6-18(17)23/h4-8,11,14H,9-10,12-13H2,1-3H3,(H,25,28)/t14-/m1/s1. The van der Waals surface area contributed by atoms with Gasteiger partial charge in [0.25, 0.3) is 5.91 Å². The van der Waals surface area contributed by atoms with Gasteiger partial charge in [-0.2, -0.15) is 4.31 Å². The minimum absolute atomic E-state index is 0.0546. The van der Waals surface area contributed by atoms with Gasteiger partial charge in [0.15, 0.2) is 0 Å². The topological polar surface area (TPSA) is 93.5 Å². The van der Waals surface area contributed by atoms with E-state index in [4.69, 9.17) is 4.74 Å². The number of nitrogens with one attached hydrogen (secondary N) is 1. The molecule has 0 spiro atoms. The van der Waals surface area contributed by atoms with E-state index < -0.39 is 21.7 Å². The lowest BCUT2D eigenvalue weighted by Crippen LogP contribution is -2.44. The summed E-state index contributed by atoms with van der Waals surface area (Å²) in [6.45, 7) is 4.26. The Hall–Kier alpha value is -2.82. The molecule has 1 N–H and O–H groups in total. The molecule has 0 radical (unpaired) electrons. The molecular weight excluding hydrogens is 435 g/mol. The highest BCUT2D eigenvalue weighted by Crippen LogP contribution is 2.25. The van der Waals surface area contributed by atoms with Gasteiger partial charge in [-0.05, 0) is 38.1 Å². The van der Waals surface area contributed by atoms with E-state index in [2.05, 4.69) is 10.3 Å². The summed E-state index contributed by atoms with van der Waals surface area (Å²) in [5.74, 6) is -0.939. The summed E-state index contributed by atoms with van der Waals surface area (Å²) in [6, 6.07) is 7.73. The number of morpholine rings is 1. The lowest BCUT2D eigenvalue weighted by atomic mass is 10.1. The Kier molecular flexibility index (Phi) is 6.02. The van der Waals surface area contributed by atoms with Crippen molar-refractivity contribution in [3.8, 4) is 0 Å². The van der Waals surface area contributed by atoms with Gasteiger partial charge in [-0.1, -0.05) is 6.07 Å². The van der Waals surface area contributed by atoms with Gasteiger partial charge < -0.3 is 14.6 Å². The number of sulfonamides is 1. The van der Waals surface area contributed by atoms with Gasteiger partial charge in [-0.15, -0.1) is 0 Å². The Morgan fingerprint density at radius 3 is 2.88 bits per heavy atom. The molecule has 3 aromatic rings. The number of ether oxygens (including phenoxy) is 1. The number of halogens is 1. The monoisotopic (exact) mass is 460 g/mol. The van der Waals surface area contributed by atoms with Crippen molar-refractivity contribution in [1.29, 1.82) is 0 Å². The van der Waals surface area contributed by atoms with Crippen molar-refractivity contribution < 1.29 is 22.3 Å². The first-order valence-corrected chi connectivity index (χ1v) is 11.7. The molecule has 1 atom stereocenters. The molecule has 1 fully saturated rings. The van der Waals surface area contributed by atoms with Crippen LogP contribution in [-0.4, -0.2) is 54.0 Å². The van der Waals surface area contributed by atoms with Crippen LogP contribution in [0.2, 0.25) is 0 Å². The van der Waals surface area contributed by atoms with E-state index in [1.807, 2.05) is 6.92 Å². The van der Waals surface area contributed by atoms with Crippen LogP contribution in [-0.2, 0) is 28.4 Å². The molecule has 0 bridgehead atoms. The average molecular weight is 461 g/mol. The molecule has 2 aromatic heterocycles. The van der Waals surface area contributed by atoms with Gasteiger partial charge >= 0.3 is 0 Å². The Morgan fingerprint density at radius 1 is 1.34 bits per heavy atom. The van der Waals surface area contributed by atoms with Crippen LogP contribution in [0, 0.1) is 12.7 Å². The third kappa shape index (κ3) is 4.01. The molecule has 10 heteroatoms. The summed E-state index contributed by atoms with van der Waals surface area (Å²) in [4.78, 5) is 17.2. The van der Waals surface area contributed by atoms with Crippen LogP contribution in [0.25, 0.3) is 10.9 Å². The fraction of sp³-hybridized carbons (Fsp3) is 0.364. The predicted molar refractivity (Wildman–Crippen MR) is 117 cm³/mol. The number of carbonyl (C=O) groups is 1. The number of fused-ring (bicyclic) bond motifs is 1. The van der Waals surface area contributed by atoms with E-state index in [1.54, 1.807) is 38.4 Å². The molecule has 8 nitrogen and oxygen atoms in total. The number of pyridine rings is 1. The second kappa shape index (κ2) is 8.61. The summed E-state index contributed by atoms with van der Waals surface area (Å²) in [5, 5.41) is 3.32. The molecule has 0 saturated carbocycles. The fourth-order valence-corrected chi connectivity index (χ4v) is 5.69. The van der Waals surface area contributed by atoms with Crippen molar-refractivity contribution >= 4 is 26.8 Å². The molecule has 1 saturated heterocycles. The Labute approximate surface area is 186 Å². The summed E-state index contributed by atoms with van der Waals surface area (Å²) < 4.78 is 49.1. The van der Waals surface area contributed by atoms with Gasteiger partial charge in [0.1, 0.15) is 16.4 Å². The Balaban J connectivity index is 1.59. The second-order valence-corrected chi connectivity index (χ2v) is 9.77. The first kappa shape index (κ1) is 22.4. The third-order valence-electron chi connectivity index (χ3n) is 5.81. The number of aromatic nitrogens is 2. The molecule has 4 rings (SSSR count). The Morgan fingerprint density at radius 2 is 2.12 bits per heavy atom. The van der Waals surface area contributed by atoms with Gasteiger partial charge in [0, 0.05) is 49.5 Å². The highest BCUT2D eigenvalue weighted by atomic mass is 32.2. The van der Waals surface area contributed by atoms with Gasteiger partial charge in [-0.3, -0.25) is 9.78 Å². The summed E-state index contributed by atoms with van der Waals surface area (Å²) >= 11 is 0. The molecule has 0 aliphatic carbocycles. The minimum atomic E-state index is -3.78. The summed E-state index contributed by atoms with van der Waals surface area (Å²) in [5.41, 5.74) is 1.59. The third-order valence-corrected chi connectivity index (χ3v) is 7.79. The quantitative estimate of drug-likeness (QED) is 0.631. The number of amides is 1.